The molecule has 0 unspecified atom stereocenters. The molecule has 0 amide bonds. The van der Waals surface area contributed by atoms with E-state index in [1.807, 2.05) is 51.1 Å². The van der Waals surface area contributed by atoms with Gasteiger partial charge in [-0.2, -0.15) is 0 Å². The molecule has 0 saturated carbocycles. The van der Waals surface area contributed by atoms with Crippen LogP contribution in [-0.2, 0) is 15.6 Å². The van der Waals surface area contributed by atoms with Gasteiger partial charge >= 0.3 is 0 Å². The quantitative estimate of drug-likeness (QED) is 0.511. The maximum absolute atomic E-state index is 12.7. The molecule has 0 fully saturated rings. The molecule has 0 N–H and O–H groups in total. The third kappa shape index (κ3) is 5.96. The summed E-state index contributed by atoms with van der Waals surface area (Å²) in [6, 6.07) is 7.56. The average molecular weight is 306 g/mol. The summed E-state index contributed by atoms with van der Waals surface area (Å²) >= 11 is 0. The summed E-state index contributed by atoms with van der Waals surface area (Å²) < 4.78 is 12.7. The number of benzene rings is 1. The maximum Gasteiger partial charge on any atom is 0.171 e. The Kier molecular flexibility index (Phi) is 7.58. The van der Waals surface area contributed by atoms with Crippen molar-refractivity contribution in [1.29, 1.82) is 0 Å². The first-order valence-corrected chi connectivity index (χ1v) is 8.84. The fourth-order valence-corrected chi connectivity index (χ4v) is 3.35. The molecule has 0 heterocycles. The van der Waals surface area contributed by atoms with Gasteiger partial charge in [0.2, 0.25) is 0 Å². The lowest BCUT2D eigenvalue weighted by molar-refractivity contribution is -0.115. The van der Waals surface area contributed by atoms with Gasteiger partial charge in [-0.05, 0) is 31.4 Å². The van der Waals surface area contributed by atoms with E-state index in [-0.39, 0.29) is 11.7 Å². The van der Waals surface area contributed by atoms with Crippen LogP contribution in [0.1, 0.15) is 52.0 Å². The minimum absolute atomic E-state index is 0.0241. The topological polar surface area (TPSA) is 34.1 Å². The van der Waals surface area contributed by atoms with Gasteiger partial charge in [0.25, 0.3) is 0 Å². The van der Waals surface area contributed by atoms with Crippen LogP contribution in [-0.4, -0.2) is 9.99 Å². The van der Waals surface area contributed by atoms with E-state index in [9.17, 15) is 9.00 Å². The normalized spacial score (nSPS) is 13.5. The third-order valence-electron chi connectivity index (χ3n) is 3.20. The van der Waals surface area contributed by atoms with Gasteiger partial charge in [-0.25, -0.2) is 4.21 Å². The number of aryl methyl sites for hydroxylation is 1. The van der Waals surface area contributed by atoms with E-state index in [2.05, 4.69) is 6.92 Å². The number of hydrogen-bond acceptors (Lipinski definition) is 2. The van der Waals surface area contributed by atoms with Crippen LogP contribution in [0, 0.1) is 12.8 Å². The Labute approximate surface area is 131 Å². The van der Waals surface area contributed by atoms with Crippen LogP contribution in [0.15, 0.2) is 40.1 Å². The van der Waals surface area contributed by atoms with Crippen molar-refractivity contribution in [3.8, 4) is 0 Å². The zero-order valence-electron chi connectivity index (χ0n) is 13.5. The van der Waals surface area contributed by atoms with Crippen molar-refractivity contribution in [2.75, 3.05) is 0 Å². The molecule has 0 aliphatic heterocycles. The second-order valence-electron chi connectivity index (χ2n) is 5.74. The second kappa shape index (κ2) is 8.93. The molecule has 1 aromatic carbocycles. The largest absolute Gasteiger partial charge is 0.294 e. The molecular weight excluding hydrogens is 280 g/mol. The Balaban J connectivity index is 2.94. The predicted octanol–water partition coefficient (Wildman–Crippen LogP) is 4.79. The number of Topliss-reactive ketones (excluding diaryl/α,β-unsaturated/α-hetero) is 1. The van der Waals surface area contributed by atoms with Gasteiger partial charge in [0, 0.05) is 11.3 Å². The van der Waals surface area contributed by atoms with Crippen LogP contribution in [0.4, 0.5) is 0 Å². The van der Waals surface area contributed by atoms with Gasteiger partial charge < -0.3 is 0 Å². The highest BCUT2D eigenvalue weighted by molar-refractivity contribution is 7.90. The average Bonchev–Trinajstić information content (AvgIpc) is 2.45. The Bertz CT molecular complexity index is 513. The highest BCUT2D eigenvalue weighted by Crippen LogP contribution is 2.20. The highest BCUT2D eigenvalue weighted by Gasteiger charge is 2.18. The fourth-order valence-electron chi connectivity index (χ4n) is 2.01. The predicted molar refractivity (Wildman–Crippen MR) is 89.7 cm³/mol. The van der Waals surface area contributed by atoms with Gasteiger partial charge in [0.15, 0.2) is 5.78 Å². The molecule has 2 nitrogen and oxygen atoms in total. The van der Waals surface area contributed by atoms with E-state index < -0.39 is 10.8 Å². The first-order valence-electron chi connectivity index (χ1n) is 7.69. The van der Waals surface area contributed by atoms with E-state index in [0.717, 1.165) is 24.8 Å². The summed E-state index contributed by atoms with van der Waals surface area (Å²) in [7, 11) is -1.37. The monoisotopic (exact) mass is 306 g/mol. The van der Waals surface area contributed by atoms with E-state index >= 15 is 0 Å². The first kappa shape index (κ1) is 17.8. The lowest BCUT2D eigenvalue weighted by Gasteiger charge is -2.09. The van der Waals surface area contributed by atoms with Gasteiger partial charge in [0.05, 0.1) is 15.7 Å². The molecule has 116 valence electrons. The van der Waals surface area contributed by atoms with Crippen molar-refractivity contribution < 1.29 is 9.00 Å². The summed E-state index contributed by atoms with van der Waals surface area (Å²) in [5.41, 5.74) is 1.12. The minimum atomic E-state index is -1.37. The third-order valence-corrected chi connectivity index (χ3v) is 4.67. The van der Waals surface area contributed by atoms with Crippen LogP contribution in [0.3, 0.4) is 0 Å². The van der Waals surface area contributed by atoms with Gasteiger partial charge in [0.1, 0.15) is 0 Å². The summed E-state index contributed by atoms with van der Waals surface area (Å²) in [6.45, 7) is 8.12. The van der Waals surface area contributed by atoms with Crippen molar-refractivity contribution in [1.82, 2.24) is 0 Å². The number of rotatable bonds is 8. The number of unbranched alkanes of at least 4 members (excludes halogenated alkanes) is 2. The summed E-state index contributed by atoms with van der Waals surface area (Å²) in [6.07, 6.45) is 5.33. The maximum atomic E-state index is 12.7. The number of ketones is 1. The van der Waals surface area contributed by atoms with Gasteiger partial charge in [-0.3, -0.25) is 4.79 Å². The lowest BCUT2D eigenvalue weighted by Crippen LogP contribution is -2.10. The van der Waals surface area contributed by atoms with E-state index in [4.69, 9.17) is 0 Å². The van der Waals surface area contributed by atoms with Crippen LogP contribution in [0.5, 0.6) is 0 Å². The lowest BCUT2D eigenvalue weighted by atomic mass is 10.1. The van der Waals surface area contributed by atoms with Crippen LogP contribution in [0.25, 0.3) is 0 Å². The molecule has 0 aromatic heterocycles. The molecule has 0 aliphatic rings. The molecule has 1 aromatic rings. The zero-order chi connectivity index (χ0) is 15.8. The van der Waals surface area contributed by atoms with Crippen molar-refractivity contribution in [3.63, 3.8) is 0 Å². The SMILES string of the molecule is CCCCCC(=O)/C(=C\C(C)C)[S@@](=O)c1ccc(C)cc1. The van der Waals surface area contributed by atoms with Crippen molar-refractivity contribution >= 4 is 16.6 Å². The van der Waals surface area contributed by atoms with Crippen LogP contribution < -0.4 is 0 Å². The minimum Gasteiger partial charge on any atom is -0.294 e. The Morgan fingerprint density at radius 1 is 1.19 bits per heavy atom. The van der Waals surface area contributed by atoms with Crippen molar-refractivity contribution in [3.05, 3.63) is 40.8 Å². The molecule has 0 radical (unpaired) electrons. The van der Waals surface area contributed by atoms with Crippen molar-refractivity contribution in [2.24, 2.45) is 5.92 Å². The number of carbonyl (C=O) groups is 1. The van der Waals surface area contributed by atoms with E-state index in [1.165, 1.54) is 0 Å². The first-order chi connectivity index (χ1) is 9.95. The highest BCUT2D eigenvalue weighted by atomic mass is 32.2. The molecule has 0 aliphatic carbocycles. The number of carbonyl (C=O) groups excluding carboxylic acids is 1. The Hall–Kier alpha value is -1.22. The molecular formula is C18H26O2S. The van der Waals surface area contributed by atoms with Crippen LogP contribution >= 0.6 is 0 Å². The molecule has 1 atom stereocenters. The standard InChI is InChI=1S/C18H26O2S/c1-5-6-7-8-17(19)18(13-14(2)3)21(20)16-11-9-15(4)10-12-16/h9-14H,5-8H2,1-4H3/b18-13+/t21-/m0/s1. The molecule has 3 heteroatoms. The smallest absolute Gasteiger partial charge is 0.171 e. The van der Waals surface area contributed by atoms with E-state index in [0.29, 0.717) is 16.2 Å². The van der Waals surface area contributed by atoms with Crippen LogP contribution in [0.2, 0.25) is 0 Å². The molecule has 0 spiro atoms. The van der Waals surface area contributed by atoms with Gasteiger partial charge in [-0.1, -0.05) is 57.4 Å². The fraction of sp³-hybridized carbons (Fsp3) is 0.500. The number of hydrogen-bond donors (Lipinski definition) is 0. The summed E-state index contributed by atoms with van der Waals surface area (Å²) in [5, 5.41) is 0. The zero-order valence-corrected chi connectivity index (χ0v) is 14.3. The molecule has 1 rings (SSSR count). The molecule has 21 heavy (non-hydrogen) atoms. The van der Waals surface area contributed by atoms with Crippen molar-refractivity contribution in [2.45, 2.75) is 58.3 Å². The Morgan fingerprint density at radius 2 is 1.81 bits per heavy atom. The Morgan fingerprint density at radius 3 is 2.33 bits per heavy atom. The summed E-state index contributed by atoms with van der Waals surface area (Å²) in [4.78, 5) is 13.5. The summed E-state index contributed by atoms with van der Waals surface area (Å²) in [5.74, 6) is 0.237. The van der Waals surface area contributed by atoms with Gasteiger partial charge in [-0.15, -0.1) is 0 Å². The molecule has 0 bridgehead atoms. The number of allylic oxidation sites excluding steroid dienone is 2. The second-order valence-corrected chi connectivity index (χ2v) is 7.19. The molecule has 0 saturated heterocycles. The van der Waals surface area contributed by atoms with E-state index in [1.54, 1.807) is 0 Å².